The van der Waals surface area contributed by atoms with E-state index in [1.165, 1.54) is 11.3 Å². The molecule has 2 N–H and O–H groups in total. The minimum absolute atomic E-state index is 0.510. The van der Waals surface area contributed by atoms with Gasteiger partial charge in [-0.1, -0.05) is 6.92 Å². The van der Waals surface area contributed by atoms with Crippen molar-refractivity contribution in [1.82, 2.24) is 9.71 Å². The molecular formula is C9H14N2O4S2. The molecule has 6 nitrogen and oxygen atoms in total. The SMILES string of the molecule is CCc1cnc(C(C)NS(=O)(=O)CC(=O)O)s1. The van der Waals surface area contributed by atoms with Crippen molar-refractivity contribution in [2.24, 2.45) is 0 Å². The topological polar surface area (TPSA) is 96.4 Å². The Hall–Kier alpha value is -0.990. The number of nitrogens with zero attached hydrogens (tertiary/aromatic N) is 1. The summed E-state index contributed by atoms with van der Waals surface area (Å²) in [7, 11) is -3.81. The number of aliphatic carboxylic acids is 1. The molecule has 8 heteroatoms. The largest absolute Gasteiger partial charge is 0.480 e. The minimum Gasteiger partial charge on any atom is -0.480 e. The first kappa shape index (κ1) is 14.1. The lowest BCUT2D eigenvalue weighted by Crippen LogP contribution is -2.32. The molecule has 1 rings (SSSR count). The zero-order valence-corrected chi connectivity index (χ0v) is 11.1. The normalized spacial score (nSPS) is 13.5. The smallest absolute Gasteiger partial charge is 0.320 e. The fourth-order valence-corrected chi connectivity index (χ4v) is 3.20. The predicted molar refractivity (Wildman–Crippen MR) is 64.5 cm³/mol. The molecule has 1 heterocycles. The summed E-state index contributed by atoms with van der Waals surface area (Å²) in [5.41, 5.74) is 0. The maximum Gasteiger partial charge on any atom is 0.320 e. The van der Waals surface area contributed by atoms with Crippen molar-refractivity contribution in [3.8, 4) is 0 Å². The molecule has 0 saturated carbocycles. The Kier molecular flexibility index (Phi) is 4.61. The maximum atomic E-state index is 11.4. The lowest BCUT2D eigenvalue weighted by molar-refractivity contribution is -0.134. The van der Waals surface area contributed by atoms with Gasteiger partial charge in [-0.05, 0) is 13.3 Å². The molecule has 0 aliphatic heterocycles. The highest BCUT2D eigenvalue weighted by Crippen LogP contribution is 2.20. The Bertz CT molecular complexity index is 495. The van der Waals surface area contributed by atoms with Gasteiger partial charge in [0.25, 0.3) is 0 Å². The van der Waals surface area contributed by atoms with Gasteiger partial charge in [0.15, 0.2) is 5.75 Å². The second-order valence-electron chi connectivity index (χ2n) is 3.51. The quantitative estimate of drug-likeness (QED) is 0.801. The van der Waals surface area contributed by atoms with Crippen LogP contribution in [0.25, 0.3) is 0 Å². The number of rotatable bonds is 6. The molecule has 0 aromatic carbocycles. The average molecular weight is 278 g/mol. The fourth-order valence-electron chi connectivity index (χ4n) is 1.21. The first-order valence-electron chi connectivity index (χ1n) is 5.00. The molecule has 0 radical (unpaired) electrons. The van der Waals surface area contributed by atoms with Gasteiger partial charge in [-0.25, -0.2) is 18.1 Å². The molecule has 1 atom stereocenters. The van der Waals surface area contributed by atoms with Gasteiger partial charge in [0, 0.05) is 11.1 Å². The summed E-state index contributed by atoms with van der Waals surface area (Å²) in [5, 5.41) is 9.08. The Morgan fingerprint density at radius 1 is 1.65 bits per heavy atom. The van der Waals surface area contributed by atoms with Crippen LogP contribution >= 0.6 is 11.3 Å². The number of nitrogens with one attached hydrogen (secondary N) is 1. The molecule has 0 aliphatic carbocycles. The molecule has 17 heavy (non-hydrogen) atoms. The maximum absolute atomic E-state index is 11.4. The standard InChI is InChI=1S/C9H14N2O4S2/c1-3-7-4-10-9(16-7)6(2)11-17(14,15)5-8(12)13/h4,6,11H,3,5H2,1-2H3,(H,12,13). The van der Waals surface area contributed by atoms with Crippen molar-refractivity contribution in [2.75, 3.05) is 5.75 Å². The van der Waals surface area contributed by atoms with Crippen LogP contribution in [0.1, 0.15) is 29.8 Å². The van der Waals surface area contributed by atoms with E-state index in [9.17, 15) is 13.2 Å². The third kappa shape index (κ3) is 4.41. The van der Waals surface area contributed by atoms with Crippen molar-refractivity contribution in [3.05, 3.63) is 16.1 Å². The van der Waals surface area contributed by atoms with Gasteiger partial charge in [-0.15, -0.1) is 11.3 Å². The summed E-state index contributed by atoms with van der Waals surface area (Å²) in [6, 6.07) is -0.510. The van der Waals surface area contributed by atoms with Crippen LogP contribution in [0.3, 0.4) is 0 Å². The van der Waals surface area contributed by atoms with E-state index >= 15 is 0 Å². The second kappa shape index (κ2) is 5.56. The summed E-state index contributed by atoms with van der Waals surface area (Å²) in [6.45, 7) is 3.62. The molecule has 1 aromatic rings. The average Bonchev–Trinajstić information content (AvgIpc) is 2.62. The highest BCUT2D eigenvalue weighted by atomic mass is 32.2. The number of carboxylic acid groups (broad SMARTS) is 1. The van der Waals surface area contributed by atoms with Gasteiger partial charge in [0.2, 0.25) is 10.0 Å². The van der Waals surface area contributed by atoms with Gasteiger partial charge in [-0.2, -0.15) is 0 Å². The van der Waals surface area contributed by atoms with Crippen LogP contribution in [-0.2, 0) is 21.2 Å². The predicted octanol–water partition coefficient (Wildman–Crippen LogP) is 0.770. The van der Waals surface area contributed by atoms with Gasteiger partial charge >= 0.3 is 5.97 Å². The van der Waals surface area contributed by atoms with E-state index in [-0.39, 0.29) is 0 Å². The van der Waals surface area contributed by atoms with Crippen molar-refractivity contribution in [2.45, 2.75) is 26.3 Å². The van der Waals surface area contributed by atoms with Crippen LogP contribution in [0, 0.1) is 0 Å². The third-order valence-electron chi connectivity index (χ3n) is 1.96. The first-order valence-corrected chi connectivity index (χ1v) is 7.47. The van der Waals surface area contributed by atoms with E-state index in [2.05, 4.69) is 9.71 Å². The van der Waals surface area contributed by atoms with Crippen molar-refractivity contribution < 1.29 is 18.3 Å². The lowest BCUT2D eigenvalue weighted by atomic mass is 10.4. The number of aromatic nitrogens is 1. The summed E-state index contributed by atoms with van der Waals surface area (Å²) >= 11 is 1.42. The van der Waals surface area contributed by atoms with E-state index in [0.29, 0.717) is 5.01 Å². The number of thiazole rings is 1. The van der Waals surface area contributed by atoms with Crippen LogP contribution in [0.5, 0.6) is 0 Å². The third-order valence-corrected chi connectivity index (χ3v) is 4.62. The van der Waals surface area contributed by atoms with E-state index in [1.54, 1.807) is 13.1 Å². The van der Waals surface area contributed by atoms with Gasteiger partial charge in [-0.3, -0.25) is 4.79 Å². The Morgan fingerprint density at radius 2 is 2.29 bits per heavy atom. The van der Waals surface area contributed by atoms with E-state index in [4.69, 9.17) is 5.11 Å². The van der Waals surface area contributed by atoms with Gasteiger partial charge in [0.1, 0.15) is 5.01 Å². The van der Waals surface area contributed by atoms with Crippen LogP contribution < -0.4 is 4.72 Å². The monoisotopic (exact) mass is 278 g/mol. The number of carboxylic acids is 1. The summed E-state index contributed by atoms with van der Waals surface area (Å²) in [6.07, 6.45) is 2.54. The highest BCUT2D eigenvalue weighted by molar-refractivity contribution is 7.90. The Balaban J connectivity index is 2.72. The van der Waals surface area contributed by atoms with Crippen molar-refractivity contribution in [1.29, 1.82) is 0 Å². The van der Waals surface area contributed by atoms with Crippen molar-refractivity contribution in [3.63, 3.8) is 0 Å². The molecular weight excluding hydrogens is 264 g/mol. The molecule has 0 bridgehead atoms. The molecule has 96 valence electrons. The first-order chi connectivity index (χ1) is 7.84. The number of hydrogen-bond donors (Lipinski definition) is 2. The summed E-state index contributed by atoms with van der Waals surface area (Å²) < 4.78 is 25.1. The molecule has 0 spiro atoms. The number of aryl methyl sites for hydroxylation is 1. The molecule has 1 aromatic heterocycles. The minimum atomic E-state index is -3.81. The molecule has 0 aliphatic rings. The Morgan fingerprint density at radius 3 is 2.76 bits per heavy atom. The number of sulfonamides is 1. The lowest BCUT2D eigenvalue weighted by Gasteiger charge is -2.10. The van der Waals surface area contributed by atoms with Crippen LogP contribution in [-0.4, -0.2) is 30.2 Å². The van der Waals surface area contributed by atoms with E-state index in [1.807, 2.05) is 6.92 Å². The van der Waals surface area contributed by atoms with Crippen LogP contribution in [0.4, 0.5) is 0 Å². The van der Waals surface area contributed by atoms with Crippen LogP contribution in [0.2, 0.25) is 0 Å². The molecule has 1 unspecified atom stereocenters. The Labute approximate surface area is 104 Å². The highest BCUT2D eigenvalue weighted by Gasteiger charge is 2.20. The second-order valence-corrected chi connectivity index (χ2v) is 6.41. The zero-order valence-electron chi connectivity index (χ0n) is 9.50. The van der Waals surface area contributed by atoms with Crippen molar-refractivity contribution >= 4 is 27.3 Å². The number of hydrogen-bond acceptors (Lipinski definition) is 5. The molecule has 0 fully saturated rings. The van der Waals surface area contributed by atoms with E-state index in [0.717, 1.165) is 11.3 Å². The van der Waals surface area contributed by atoms with Gasteiger partial charge in [0.05, 0.1) is 6.04 Å². The molecule has 0 saturated heterocycles. The van der Waals surface area contributed by atoms with E-state index < -0.39 is 27.8 Å². The number of carbonyl (C=O) groups is 1. The zero-order chi connectivity index (χ0) is 13.1. The summed E-state index contributed by atoms with van der Waals surface area (Å²) in [5.74, 6) is -2.30. The van der Waals surface area contributed by atoms with Gasteiger partial charge < -0.3 is 5.11 Å². The van der Waals surface area contributed by atoms with Crippen LogP contribution in [0.15, 0.2) is 6.20 Å². The fraction of sp³-hybridized carbons (Fsp3) is 0.556. The summed E-state index contributed by atoms with van der Waals surface area (Å²) in [4.78, 5) is 15.5. The molecule has 0 amide bonds.